The Hall–Kier alpha value is -0.500. The summed E-state index contributed by atoms with van der Waals surface area (Å²) in [6.45, 7) is 2.50. The first-order valence-electron chi connectivity index (χ1n) is 10.9. The summed E-state index contributed by atoms with van der Waals surface area (Å²) in [6, 6.07) is 11.4. The second-order valence-corrected chi connectivity index (χ2v) is 19.1. The van der Waals surface area contributed by atoms with Crippen LogP contribution in [0.15, 0.2) is 76.9 Å². The Bertz CT molecular complexity index is 852. The Labute approximate surface area is 196 Å². The fourth-order valence-corrected chi connectivity index (χ4v) is 19.5. The molecule has 0 spiro atoms. The van der Waals surface area contributed by atoms with Crippen molar-refractivity contribution >= 4 is 3.26 Å². The third-order valence-corrected chi connectivity index (χ3v) is 20.0. The van der Waals surface area contributed by atoms with Crippen molar-refractivity contribution in [1.29, 1.82) is 0 Å². The smallest absolute Gasteiger partial charge is 1.00 e. The summed E-state index contributed by atoms with van der Waals surface area (Å²) in [4.78, 5) is 0. The maximum Gasteiger partial charge on any atom is -1.00 e. The molecule has 0 amide bonds. The van der Waals surface area contributed by atoms with Gasteiger partial charge in [-0.15, -0.1) is 0 Å². The van der Waals surface area contributed by atoms with Crippen LogP contribution in [-0.4, -0.2) is 3.26 Å². The number of rotatable bonds is 3. The van der Waals surface area contributed by atoms with Gasteiger partial charge in [-0.05, 0) is 0 Å². The molecule has 0 saturated heterocycles. The topological polar surface area (TPSA) is 0 Å². The average molecular weight is 592 g/mol. The molecule has 0 N–H and O–H groups in total. The molecular formula is C26H30Cl2Hf. The number of benzene rings is 1. The number of allylic oxidation sites excluding steroid dienone is 8. The molecule has 1 aromatic carbocycles. The number of halogens is 2. The summed E-state index contributed by atoms with van der Waals surface area (Å²) in [7, 11) is 0. The zero-order valence-corrected chi connectivity index (χ0v) is 22.4. The van der Waals surface area contributed by atoms with Gasteiger partial charge in [0.15, 0.2) is 0 Å². The van der Waals surface area contributed by atoms with Gasteiger partial charge in [-0.2, -0.15) is 0 Å². The molecule has 2 atom stereocenters. The molecule has 152 valence electrons. The first-order chi connectivity index (χ1) is 13.3. The number of hydrogen-bond donors (Lipinski definition) is 0. The predicted molar refractivity (Wildman–Crippen MR) is 113 cm³/mol. The van der Waals surface area contributed by atoms with Crippen LogP contribution in [0.2, 0.25) is 7.35 Å². The van der Waals surface area contributed by atoms with Crippen molar-refractivity contribution in [1.82, 2.24) is 0 Å². The van der Waals surface area contributed by atoms with Gasteiger partial charge in [0.25, 0.3) is 0 Å². The Kier molecular flexibility index (Phi) is 8.15. The minimum Gasteiger partial charge on any atom is -1.00 e. The Morgan fingerprint density at radius 2 is 1.21 bits per heavy atom. The Balaban J connectivity index is 0.00000120. The first-order valence-corrected chi connectivity index (χ1v) is 16.8. The van der Waals surface area contributed by atoms with Gasteiger partial charge in [0, 0.05) is 0 Å². The third kappa shape index (κ3) is 4.43. The quantitative estimate of drug-likeness (QED) is 0.466. The van der Waals surface area contributed by atoms with Crippen LogP contribution >= 0.6 is 0 Å². The monoisotopic (exact) mass is 592 g/mol. The molecule has 3 heteroatoms. The molecule has 4 aliphatic rings. The molecule has 0 radical (unpaired) electrons. The summed E-state index contributed by atoms with van der Waals surface area (Å²) >= 11 is -2.18. The minimum absolute atomic E-state index is 0. The van der Waals surface area contributed by atoms with Crippen molar-refractivity contribution in [3.8, 4) is 0 Å². The first kappa shape index (κ1) is 23.2. The van der Waals surface area contributed by atoms with Crippen molar-refractivity contribution in [3.05, 3.63) is 82.5 Å². The van der Waals surface area contributed by atoms with Gasteiger partial charge in [0.1, 0.15) is 0 Å². The fraction of sp³-hybridized carbons (Fsp3) is 0.423. The summed E-state index contributed by atoms with van der Waals surface area (Å²) in [5, 5.41) is 0. The molecule has 2 unspecified atom stereocenters. The van der Waals surface area contributed by atoms with Crippen LogP contribution in [0.3, 0.4) is 0 Å². The van der Waals surface area contributed by atoms with Crippen LogP contribution in [0.4, 0.5) is 0 Å². The average Bonchev–Trinajstić information content (AvgIpc) is 3.34. The van der Waals surface area contributed by atoms with Gasteiger partial charge in [0.2, 0.25) is 0 Å². The molecule has 4 aliphatic carbocycles. The van der Waals surface area contributed by atoms with Crippen molar-refractivity contribution in [2.45, 2.75) is 65.6 Å². The van der Waals surface area contributed by atoms with Gasteiger partial charge in [0.05, 0.1) is 0 Å². The largest absolute Gasteiger partial charge is 1.00 e. The third-order valence-electron chi connectivity index (χ3n) is 7.15. The van der Waals surface area contributed by atoms with E-state index in [-0.39, 0.29) is 24.8 Å². The van der Waals surface area contributed by atoms with E-state index in [2.05, 4.69) is 61.6 Å². The van der Waals surface area contributed by atoms with E-state index in [4.69, 9.17) is 0 Å². The summed E-state index contributed by atoms with van der Waals surface area (Å²) < 4.78 is 3.42. The van der Waals surface area contributed by atoms with Crippen molar-refractivity contribution < 1.29 is 45.8 Å². The number of hydrogen-bond acceptors (Lipinski definition) is 0. The Morgan fingerprint density at radius 3 is 1.72 bits per heavy atom. The normalized spacial score (nSPS) is 24.3. The van der Waals surface area contributed by atoms with Gasteiger partial charge in [-0.1, -0.05) is 0 Å². The molecule has 0 heterocycles. The molecule has 0 nitrogen and oxygen atoms in total. The van der Waals surface area contributed by atoms with E-state index in [0.717, 1.165) is 7.35 Å². The second kappa shape index (κ2) is 10.2. The van der Waals surface area contributed by atoms with Crippen LogP contribution in [0.25, 0.3) is 0 Å². The zero-order chi connectivity index (χ0) is 18.2. The summed E-state index contributed by atoms with van der Waals surface area (Å²) in [5.74, 6) is 0. The van der Waals surface area contributed by atoms with Crippen molar-refractivity contribution in [2.24, 2.45) is 0 Å². The van der Waals surface area contributed by atoms with E-state index < -0.39 is 21.0 Å². The van der Waals surface area contributed by atoms with Crippen molar-refractivity contribution in [2.75, 3.05) is 0 Å². The van der Waals surface area contributed by atoms with Crippen LogP contribution < -0.4 is 24.8 Å². The van der Waals surface area contributed by atoms with Gasteiger partial charge >= 0.3 is 172 Å². The van der Waals surface area contributed by atoms with E-state index in [9.17, 15) is 0 Å². The summed E-state index contributed by atoms with van der Waals surface area (Å²) in [6.07, 6.45) is 21.4. The SMILES string of the molecule is C[C](c1ccccc1)=[Hf+2]([CH]1C=CC2=C1CCCC2)[CH]1C=CC2=C1CCCC2.[Cl-].[Cl-]. The van der Waals surface area contributed by atoms with E-state index in [0.29, 0.717) is 0 Å². The van der Waals surface area contributed by atoms with E-state index in [1.807, 2.05) is 11.1 Å². The Morgan fingerprint density at radius 1 is 0.724 bits per heavy atom. The molecule has 1 aromatic rings. The molecule has 29 heavy (non-hydrogen) atoms. The predicted octanol–water partition coefficient (Wildman–Crippen LogP) is 1.31. The molecular weight excluding hydrogens is 562 g/mol. The maximum atomic E-state index is 2.65. The molecule has 5 rings (SSSR count). The van der Waals surface area contributed by atoms with Crippen LogP contribution in [0.5, 0.6) is 0 Å². The van der Waals surface area contributed by atoms with Gasteiger partial charge in [-0.3, -0.25) is 0 Å². The molecule has 0 aliphatic heterocycles. The van der Waals surface area contributed by atoms with Crippen molar-refractivity contribution in [3.63, 3.8) is 0 Å². The zero-order valence-electron chi connectivity index (χ0n) is 17.3. The van der Waals surface area contributed by atoms with Gasteiger partial charge < -0.3 is 24.8 Å². The molecule has 0 saturated carbocycles. The minimum atomic E-state index is -2.18. The molecule has 0 bridgehead atoms. The van der Waals surface area contributed by atoms with Crippen LogP contribution in [0.1, 0.15) is 63.9 Å². The standard InChI is InChI=1S/2C9H11.C8H8.2ClH.Hf/c2*1-2-5-9-7-3-6-8(9)4-1;1-2-8-6-4-3-5-7-8;;;/h2*3,6-7H,1-2,4-5H2;3-7H,1H3;2*1H;/q;;;;;+2/p-2. The maximum absolute atomic E-state index is 2.65. The molecule has 0 aromatic heterocycles. The van der Waals surface area contributed by atoms with E-state index >= 15 is 0 Å². The molecule has 0 fully saturated rings. The van der Waals surface area contributed by atoms with Crippen LogP contribution in [0, 0.1) is 0 Å². The fourth-order valence-electron chi connectivity index (χ4n) is 5.75. The van der Waals surface area contributed by atoms with E-state index in [1.54, 1.807) is 14.4 Å². The van der Waals surface area contributed by atoms with Gasteiger partial charge in [-0.25, -0.2) is 0 Å². The van der Waals surface area contributed by atoms with Crippen LogP contribution in [-0.2, 0) is 21.0 Å². The summed E-state index contributed by atoms with van der Waals surface area (Å²) in [5.41, 5.74) is 8.68. The second-order valence-electron chi connectivity index (χ2n) is 8.64. The van der Waals surface area contributed by atoms with E-state index in [1.165, 1.54) is 56.9 Å².